The molecule has 1 amide bonds. The zero-order valence-corrected chi connectivity index (χ0v) is 15.2. The Morgan fingerprint density at radius 3 is 2.27 bits per heavy atom. The Labute approximate surface area is 145 Å². The second-order valence-corrected chi connectivity index (χ2v) is 7.34. The number of para-hydroxylation sites is 1. The molecule has 0 heterocycles. The van der Waals surface area contributed by atoms with Crippen molar-refractivity contribution in [3.63, 3.8) is 0 Å². The number of anilines is 1. The van der Waals surface area contributed by atoms with Crippen LogP contribution in [0.4, 0.5) is 5.69 Å². The maximum Gasteiger partial charge on any atom is 0.248 e. The van der Waals surface area contributed by atoms with E-state index in [4.69, 9.17) is 0 Å². The number of nitrogens with one attached hydrogen (secondary N) is 1. The minimum atomic E-state index is -0.121. The number of hydrogen-bond donors (Lipinski definition) is 1. The summed E-state index contributed by atoms with van der Waals surface area (Å²) in [5.74, 6) is -0.121. The topological polar surface area (TPSA) is 29.1 Å². The van der Waals surface area contributed by atoms with Crippen LogP contribution in [0.2, 0.25) is 0 Å². The minimum absolute atomic E-state index is 0.121. The second kappa shape index (κ2) is 7.09. The van der Waals surface area contributed by atoms with Crippen molar-refractivity contribution in [1.82, 2.24) is 0 Å². The van der Waals surface area contributed by atoms with Gasteiger partial charge in [-0.2, -0.15) is 0 Å². The molecule has 0 spiro atoms. The lowest BCUT2D eigenvalue weighted by molar-refractivity contribution is -0.111. The molecule has 1 N–H and O–H groups in total. The van der Waals surface area contributed by atoms with Crippen molar-refractivity contribution in [3.05, 3.63) is 69.3 Å². The monoisotopic (exact) mass is 405 g/mol. The van der Waals surface area contributed by atoms with Crippen LogP contribution in [0, 0.1) is 3.57 Å². The molecule has 114 valence electrons. The predicted octanol–water partition coefficient (Wildman–Crippen LogP) is 5.24. The lowest BCUT2D eigenvalue weighted by Crippen LogP contribution is -2.10. The minimum Gasteiger partial charge on any atom is -0.322 e. The quantitative estimate of drug-likeness (QED) is 0.549. The summed E-state index contributed by atoms with van der Waals surface area (Å²) in [6.45, 7) is 6.56. The van der Waals surface area contributed by atoms with Gasteiger partial charge >= 0.3 is 0 Å². The third kappa shape index (κ3) is 4.70. The average molecular weight is 405 g/mol. The van der Waals surface area contributed by atoms with E-state index in [0.29, 0.717) is 0 Å². The first-order valence-electron chi connectivity index (χ1n) is 7.20. The summed E-state index contributed by atoms with van der Waals surface area (Å²) in [5.41, 5.74) is 3.28. The summed E-state index contributed by atoms with van der Waals surface area (Å²) in [6, 6.07) is 16.0. The number of benzene rings is 2. The predicted molar refractivity (Wildman–Crippen MR) is 102 cm³/mol. The normalized spacial score (nSPS) is 11.6. The molecule has 0 saturated heterocycles. The largest absolute Gasteiger partial charge is 0.322 e. The number of carbonyl (C=O) groups excluding carboxylic acids is 1. The van der Waals surface area contributed by atoms with Crippen LogP contribution in [0.1, 0.15) is 31.9 Å². The number of carbonyl (C=O) groups is 1. The van der Waals surface area contributed by atoms with Crippen molar-refractivity contribution in [2.45, 2.75) is 26.2 Å². The highest BCUT2D eigenvalue weighted by Crippen LogP contribution is 2.22. The second-order valence-electron chi connectivity index (χ2n) is 6.17. The van der Waals surface area contributed by atoms with Crippen molar-refractivity contribution in [2.24, 2.45) is 0 Å². The molecule has 0 aliphatic heterocycles. The Balaban J connectivity index is 2.02. The Bertz CT molecular complexity index is 681. The lowest BCUT2D eigenvalue weighted by atomic mass is 9.87. The van der Waals surface area contributed by atoms with E-state index < -0.39 is 0 Å². The van der Waals surface area contributed by atoms with Crippen molar-refractivity contribution in [3.8, 4) is 0 Å². The smallest absolute Gasteiger partial charge is 0.248 e. The van der Waals surface area contributed by atoms with E-state index in [9.17, 15) is 4.79 Å². The molecule has 0 aliphatic rings. The highest BCUT2D eigenvalue weighted by molar-refractivity contribution is 14.1. The first-order valence-corrected chi connectivity index (χ1v) is 8.28. The van der Waals surface area contributed by atoms with E-state index in [1.807, 2.05) is 42.5 Å². The van der Waals surface area contributed by atoms with Gasteiger partial charge in [0.25, 0.3) is 0 Å². The molecule has 2 aromatic rings. The van der Waals surface area contributed by atoms with Gasteiger partial charge in [0.05, 0.1) is 5.69 Å². The third-order valence-corrected chi connectivity index (χ3v) is 4.28. The van der Waals surface area contributed by atoms with Crippen LogP contribution in [-0.4, -0.2) is 5.91 Å². The summed E-state index contributed by atoms with van der Waals surface area (Å²) >= 11 is 2.21. The van der Waals surface area contributed by atoms with Gasteiger partial charge in [-0.15, -0.1) is 0 Å². The Kier molecular flexibility index (Phi) is 5.40. The van der Waals surface area contributed by atoms with Crippen LogP contribution in [0.5, 0.6) is 0 Å². The molecule has 0 bridgehead atoms. The Morgan fingerprint density at radius 2 is 1.68 bits per heavy atom. The van der Waals surface area contributed by atoms with Crippen molar-refractivity contribution in [1.29, 1.82) is 0 Å². The van der Waals surface area contributed by atoms with Crippen molar-refractivity contribution in [2.75, 3.05) is 5.32 Å². The SMILES string of the molecule is CC(C)(C)c1ccc(C=CC(=O)Nc2ccccc2I)cc1. The zero-order chi connectivity index (χ0) is 16.2. The fraction of sp³-hybridized carbons (Fsp3) is 0.211. The third-order valence-electron chi connectivity index (χ3n) is 3.34. The highest BCUT2D eigenvalue weighted by atomic mass is 127. The number of halogens is 1. The van der Waals surface area contributed by atoms with Gasteiger partial charge < -0.3 is 5.32 Å². The van der Waals surface area contributed by atoms with Gasteiger partial charge in [-0.1, -0.05) is 57.2 Å². The van der Waals surface area contributed by atoms with E-state index in [1.54, 1.807) is 6.08 Å². The summed E-state index contributed by atoms with van der Waals surface area (Å²) < 4.78 is 1.02. The fourth-order valence-electron chi connectivity index (χ4n) is 2.00. The van der Waals surface area contributed by atoms with Crippen LogP contribution in [0.15, 0.2) is 54.6 Å². The summed E-state index contributed by atoms with van der Waals surface area (Å²) in [4.78, 5) is 12.0. The van der Waals surface area contributed by atoms with Gasteiger partial charge in [-0.25, -0.2) is 0 Å². The van der Waals surface area contributed by atoms with E-state index in [1.165, 1.54) is 5.56 Å². The summed E-state index contributed by atoms with van der Waals surface area (Å²) in [6.07, 6.45) is 3.40. The van der Waals surface area contributed by atoms with Crippen molar-refractivity contribution < 1.29 is 4.79 Å². The number of rotatable bonds is 3. The average Bonchev–Trinajstić information content (AvgIpc) is 2.47. The molecule has 0 radical (unpaired) electrons. The van der Waals surface area contributed by atoms with Crippen molar-refractivity contribution >= 4 is 40.3 Å². The van der Waals surface area contributed by atoms with E-state index in [2.05, 4.69) is 60.8 Å². The molecule has 0 fully saturated rings. The molecule has 2 rings (SSSR count). The Morgan fingerprint density at radius 1 is 1.05 bits per heavy atom. The van der Waals surface area contributed by atoms with Gasteiger partial charge in [-0.3, -0.25) is 4.79 Å². The van der Waals surface area contributed by atoms with Crippen LogP contribution < -0.4 is 5.32 Å². The lowest BCUT2D eigenvalue weighted by Gasteiger charge is -2.18. The van der Waals surface area contributed by atoms with Crippen LogP contribution >= 0.6 is 22.6 Å². The van der Waals surface area contributed by atoms with Gasteiger partial charge in [0.2, 0.25) is 5.91 Å². The number of amides is 1. The molecule has 22 heavy (non-hydrogen) atoms. The molecule has 0 unspecified atom stereocenters. The molecule has 0 aliphatic carbocycles. The summed E-state index contributed by atoms with van der Waals surface area (Å²) in [5, 5.41) is 2.88. The first-order chi connectivity index (χ1) is 10.4. The van der Waals surface area contributed by atoms with Gasteiger partial charge in [0.15, 0.2) is 0 Å². The molecule has 0 aromatic heterocycles. The zero-order valence-electron chi connectivity index (χ0n) is 13.1. The van der Waals surface area contributed by atoms with Gasteiger partial charge in [-0.05, 0) is 57.3 Å². The van der Waals surface area contributed by atoms with Crippen LogP contribution in [0.3, 0.4) is 0 Å². The number of hydrogen-bond acceptors (Lipinski definition) is 1. The molecule has 3 heteroatoms. The first kappa shape index (κ1) is 16.7. The van der Waals surface area contributed by atoms with Crippen LogP contribution in [-0.2, 0) is 10.2 Å². The van der Waals surface area contributed by atoms with Crippen LogP contribution in [0.25, 0.3) is 6.08 Å². The molecular formula is C19H20INO. The highest BCUT2D eigenvalue weighted by Gasteiger charge is 2.12. The molecule has 2 nitrogen and oxygen atoms in total. The maximum atomic E-state index is 12.0. The van der Waals surface area contributed by atoms with E-state index in [-0.39, 0.29) is 11.3 Å². The van der Waals surface area contributed by atoms with E-state index >= 15 is 0 Å². The molecule has 2 aromatic carbocycles. The molecule has 0 saturated carbocycles. The standard InChI is InChI=1S/C19H20INO/c1-19(2,3)15-11-8-14(9-12-15)10-13-18(22)21-17-7-5-4-6-16(17)20/h4-13H,1-3H3,(H,21,22). The van der Waals surface area contributed by atoms with Gasteiger partial charge in [0.1, 0.15) is 0 Å². The van der Waals surface area contributed by atoms with Gasteiger partial charge in [0, 0.05) is 9.65 Å². The molecule has 0 atom stereocenters. The molecular weight excluding hydrogens is 385 g/mol. The fourth-order valence-corrected chi connectivity index (χ4v) is 2.53. The Hall–Kier alpha value is -1.62. The maximum absolute atomic E-state index is 12.0. The summed E-state index contributed by atoms with van der Waals surface area (Å²) in [7, 11) is 0. The van der Waals surface area contributed by atoms with E-state index in [0.717, 1.165) is 14.8 Å².